The normalized spacial score (nSPS) is 30.2. The van der Waals surface area contributed by atoms with Gasteiger partial charge in [-0.3, -0.25) is 9.48 Å². The second-order valence-electron chi connectivity index (χ2n) is 7.26. The van der Waals surface area contributed by atoms with Crippen molar-refractivity contribution in [3.63, 3.8) is 0 Å². The van der Waals surface area contributed by atoms with Crippen LogP contribution in [0.5, 0.6) is 0 Å². The number of carbonyl (C=O) groups is 1. The van der Waals surface area contributed by atoms with Crippen molar-refractivity contribution in [2.45, 2.75) is 51.9 Å². The molecule has 6 heteroatoms. The summed E-state index contributed by atoms with van der Waals surface area (Å²) in [6, 6.07) is 0. The Morgan fingerprint density at radius 1 is 1.35 bits per heavy atom. The number of aryl methyl sites for hydroxylation is 2. The van der Waals surface area contributed by atoms with Crippen LogP contribution < -0.4 is 0 Å². The van der Waals surface area contributed by atoms with Gasteiger partial charge in [-0.2, -0.15) is 10.1 Å². The van der Waals surface area contributed by atoms with Crippen LogP contribution in [0.4, 0.5) is 0 Å². The number of hydrogen-bond acceptors (Lipinski definition) is 5. The fraction of sp³-hybridized carbons (Fsp3) is 0.647. The van der Waals surface area contributed by atoms with Gasteiger partial charge in [0, 0.05) is 30.4 Å². The van der Waals surface area contributed by atoms with Crippen molar-refractivity contribution in [3.8, 4) is 11.6 Å². The summed E-state index contributed by atoms with van der Waals surface area (Å²) in [4.78, 5) is 16.5. The molecule has 122 valence electrons. The minimum Gasteiger partial charge on any atom is -0.332 e. The van der Waals surface area contributed by atoms with Gasteiger partial charge in [0.25, 0.3) is 5.89 Å². The zero-order valence-electron chi connectivity index (χ0n) is 14.1. The quantitative estimate of drug-likeness (QED) is 0.809. The van der Waals surface area contributed by atoms with E-state index in [0.29, 0.717) is 29.8 Å². The van der Waals surface area contributed by atoms with Crippen molar-refractivity contribution < 1.29 is 9.32 Å². The molecule has 2 aromatic rings. The standard InChI is InChI=1S/C17H22N4O2/c1-9-12-6-5-11-14(16-18-10(2)20-23-16)21(4)19-15(11)17(12,3)8-7-13(9)22/h9,12H,5-8H2,1-4H3/t9-,12-,17-/m0/s1. The lowest BCUT2D eigenvalue weighted by atomic mass is 9.56. The summed E-state index contributed by atoms with van der Waals surface area (Å²) in [5, 5.41) is 8.74. The largest absolute Gasteiger partial charge is 0.332 e. The Bertz CT molecular complexity index is 791. The van der Waals surface area contributed by atoms with E-state index in [2.05, 4.69) is 24.0 Å². The Labute approximate surface area is 135 Å². The molecule has 2 aliphatic rings. The second-order valence-corrected chi connectivity index (χ2v) is 7.26. The number of nitrogens with zero attached hydrogens (tertiary/aromatic N) is 4. The third-order valence-electron chi connectivity index (χ3n) is 5.94. The molecule has 2 aliphatic carbocycles. The smallest absolute Gasteiger partial charge is 0.276 e. The Kier molecular flexibility index (Phi) is 3.02. The first kappa shape index (κ1) is 14.6. The molecule has 4 rings (SSSR count). The van der Waals surface area contributed by atoms with Gasteiger partial charge in [-0.25, -0.2) is 0 Å². The van der Waals surface area contributed by atoms with Crippen LogP contribution in [0.15, 0.2) is 4.52 Å². The van der Waals surface area contributed by atoms with E-state index >= 15 is 0 Å². The number of fused-ring (bicyclic) bond motifs is 3. The van der Waals surface area contributed by atoms with Crippen LogP contribution in [-0.2, 0) is 23.7 Å². The molecule has 2 heterocycles. The predicted molar refractivity (Wildman–Crippen MR) is 83.8 cm³/mol. The van der Waals surface area contributed by atoms with Gasteiger partial charge in [-0.1, -0.05) is 19.0 Å². The first-order valence-corrected chi connectivity index (χ1v) is 8.31. The third kappa shape index (κ3) is 1.93. The molecule has 1 saturated carbocycles. The molecule has 0 spiro atoms. The Morgan fingerprint density at radius 2 is 2.13 bits per heavy atom. The van der Waals surface area contributed by atoms with E-state index in [1.165, 1.54) is 5.56 Å². The van der Waals surface area contributed by atoms with E-state index in [1.807, 2.05) is 18.7 Å². The van der Waals surface area contributed by atoms with Crippen molar-refractivity contribution in [1.29, 1.82) is 0 Å². The summed E-state index contributed by atoms with van der Waals surface area (Å²) in [5.74, 6) is 2.08. The fourth-order valence-corrected chi connectivity index (χ4v) is 4.66. The van der Waals surface area contributed by atoms with Crippen molar-refractivity contribution in [3.05, 3.63) is 17.1 Å². The average Bonchev–Trinajstić information content (AvgIpc) is 3.07. The zero-order valence-corrected chi connectivity index (χ0v) is 14.1. The van der Waals surface area contributed by atoms with Gasteiger partial charge >= 0.3 is 0 Å². The minimum absolute atomic E-state index is 0.0357. The number of hydrogen-bond donors (Lipinski definition) is 0. The van der Waals surface area contributed by atoms with E-state index in [1.54, 1.807) is 0 Å². The van der Waals surface area contributed by atoms with Crippen LogP contribution >= 0.6 is 0 Å². The molecule has 0 bridgehead atoms. The number of rotatable bonds is 1. The highest BCUT2D eigenvalue weighted by molar-refractivity contribution is 5.82. The highest BCUT2D eigenvalue weighted by atomic mass is 16.5. The molecule has 1 fully saturated rings. The van der Waals surface area contributed by atoms with Crippen LogP contribution in [0, 0.1) is 18.8 Å². The zero-order chi connectivity index (χ0) is 16.4. The van der Waals surface area contributed by atoms with Gasteiger partial charge in [-0.05, 0) is 32.1 Å². The highest BCUT2D eigenvalue weighted by Gasteiger charge is 2.50. The van der Waals surface area contributed by atoms with Gasteiger partial charge in [0.05, 0.1) is 5.69 Å². The summed E-state index contributed by atoms with van der Waals surface area (Å²) in [6.07, 6.45) is 3.46. The molecule has 2 aromatic heterocycles. The first-order chi connectivity index (χ1) is 10.9. The van der Waals surface area contributed by atoms with Crippen LogP contribution in [0.2, 0.25) is 0 Å². The topological polar surface area (TPSA) is 73.8 Å². The Hall–Kier alpha value is -1.98. The first-order valence-electron chi connectivity index (χ1n) is 8.31. The van der Waals surface area contributed by atoms with Gasteiger partial charge in [0.1, 0.15) is 11.5 Å². The fourth-order valence-electron chi connectivity index (χ4n) is 4.66. The monoisotopic (exact) mass is 314 g/mol. The molecule has 3 atom stereocenters. The number of aromatic nitrogens is 4. The lowest BCUT2D eigenvalue weighted by Gasteiger charge is -2.46. The number of Topliss-reactive ketones (excluding diaryl/α,β-unsaturated/α-hetero) is 1. The number of carbonyl (C=O) groups excluding carboxylic acids is 1. The summed E-state index contributed by atoms with van der Waals surface area (Å²) in [5.41, 5.74) is 3.24. The molecule has 0 unspecified atom stereocenters. The lowest BCUT2D eigenvalue weighted by Crippen LogP contribution is -2.46. The number of ketones is 1. The molecule has 0 amide bonds. The third-order valence-corrected chi connectivity index (χ3v) is 5.94. The summed E-state index contributed by atoms with van der Waals surface area (Å²) < 4.78 is 7.25. The van der Waals surface area contributed by atoms with Gasteiger partial charge < -0.3 is 4.52 Å². The summed E-state index contributed by atoms with van der Waals surface area (Å²) in [7, 11) is 1.93. The average molecular weight is 314 g/mol. The molecule has 6 nitrogen and oxygen atoms in total. The molecular weight excluding hydrogens is 292 g/mol. The van der Waals surface area contributed by atoms with E-state index in [4.69, 9.17) is 9.62 Å². The molecular formula is C17H22N4O2. The Morgan fingerprint density at radius 3 is 2.83 bits per heavy atom. The van der Waals surface area contributed by atoms with Crippen molar-refractivity contribution >= 4 is 5.78 Å². The summed E-state index contributed by atoms with van der Waals surface area (Å²) in [6.45, 7) is 6.18. The van der Waals surface area contributed by atoms with Crippen LogP contribution in [0.1, 0.15) is 50.2 Å². The maximum absolute atomic E-state index is 12.1. The molecule has 0 N–H and O–H groups in total. The molecule has 0 saturated heterocycles. The molecule has 0 aromatic carbocycles. The molecule has 23 heavy (non-hydrogen) atoms. The maximum Gasteiger partial charge on any atom is 0.276 e. The minimum atomic E-state index is -0.0357. The van der Waals surface area contributed by atoms with Crippen LogP contribution in [-0.4, -0.2) is 25.7 Å². The van der Waals surface area contributed by atoms with Gasteiger partial charge in [0.2, 0.25) is 0 Å². The maximum atomic E-state index is 12.1. The van der Waals surface area contributed by atoms with Crippen molar-refractivity contribution in [1.82, 2.24) is 19.9 Å². The second kappa shape index (κ2) is 4.76. The van der Waals surface area contributed by atoms with E-state index in [0.717, 1.165) is 30.7 Å². The Balaban J connectivity index is 1.85. The van der Waals surface area contributed by atoms with E-state index in [9.17, 15) is 4.79 Å². The molecule has 0 radical (unpaired) electrons. The van der Waals surface area contributed by atoms with E-state index in [-0.39, 0.29) is 11.3 Å². The van der Waals surface area contributed by atoms with E-state index < -0.39 is 0 Å². The van der Waals surface area contributed by atoms with Crippen molar-refractivity contribution in [2.75, 3.05) is 0 Å². The van der Waals surface area contributed by atoms with Crippen LogP contribution in [0.3, 0.4) is 0 Å². The SMILES string of the molecule is Cc1noc(-c2c3c(nn2C)[C@@]2(C)CCC(=O)[C@@H](C)[C@@H]2CC3)n1. The van der Waals surface area contributed by atoms with Gasteiger partial charge in [-0.15, -0.1) is 0 Å². The summed E-state index contributed by atoms with van der Waals surface area (Å²) >= 11 is 0. The lowest BCUT2D eigenvalue weighted by molar-refractivity contribution is -0.128. The van der Waals surface area contributed by atoms with Crippen molar-refractivity contribution in [2.24, 2.45) is 18.9 Å². The van der Waals surface area contributed by atoms with Gasteiger partial charge in [0.15, 0.2) is 5.82 Å². The van der Waals surface area contributed by atoms with Crippen LogP contribution in [0.25, 0.3) is 11.6 Å². The molecule has 0 aliphatic heterocycles. The predicted octanol–water partition coefficient (Wildman–Crippen LogP) is 2.60. The highest BCUT2D eigenvalue weighted by Crippen LogP contribution is 2.52.